The number of nitrogens with one attached hydrogen (secondary N) is 2. The second-order valence-corrected chi connectivity index (χ2v) is 4.03. The van der Waals surface area contributed by atoms with Crippen LogP contribution in [0.4, 0.5) is 0 Å². The minimum Gasteiger partial charge on any atom is -0.352 e. The van der Waals surface area contributed by atoms with Crippen molar-refractivity contribution in [1.29, 1.82) is 0 Å². The summed E-state index contributed by atoms with van der Waals surface area (Å²) in [5, 5.41) is 10.3. The molecule has 1 rings (SSSR count). The molecule has 0 spiro atoms. The van der Waals surface area contributed by atoms with Crippen molar-refractivity contribution in [2.45, 2.75) is 13.8 Å². The first-order chi connectivity index (χ1) is 6.65. The van der Waals surface area contributed by atoms with Crippen molar-refractivity contribution in [3.05, 3.63) is 17.5 Å². The normalized spacial score (nSPS) is 12.5. The van der Waals surface area contributed by atoms with Gasteiger partial charge in [-0.05, 0) is 12.8 Å². The lowest BCUT2D eigenvalue weighted by atomic mass is 10.2. The second-order valence-electron chi connectivity index (χ2n) is 3.38. The van der Waals surface area contributed by atoms with E-state index in [-0.39, 0.29) is 5.91 Å². The molecule has 1 aromatic heterocycles. The van der Waals surface area contributed by atoms with Gasteiger partial charge in [0.2, 0.25) is 0 Å². The molecule has 0 aromatic carbocycles. The van der Waals surface area contributed by atoms with Gasteiger partial charge in [0.15, 0.2) is 0 Å². The third-order valence-corrected chi connectivity index (χ3v) is 3.05. The maximum atomic E-state index is 11.6. The molecule has 0 saturated heterocycles. The second kappa shape index (κ2) is 5.14. The third kappa shape index (κ3) is 2.83. The van der Waals surface area contributed by atoms with Gasteiger partial charge in [-0.2, -0.15) is 5.10 Å². The van der Waals surface area contributed by atoms with E-state index in [2.05, 4.69) is 38.4 Å². The third-order valence-electron chi connectivity index (χ3n) is 1.95. The van der Waals surface area contributed by atoms with Crippen LogP contribution in [0.3, 0.4) is 0 Å². The molecule has 2 N–H and O–H groups in total. The number of hydrogen-bond acceptors (Lipinski definition) is 2. The van der Waals surface area contributed by atoms with E-state index in [0.717, 1.165) is 11.0 Å². The first-order valence-corrected chi connectivity index (χ1v) is 5.61. The fourth-order valence-corrected chi connectivity index (χ4v) is 1.23. The first kappa shape index (κ1) is 11.2. The van der Waals surface area contributed by atoms with Crippen molar-refractivity contribution in [2.24, 2.45) is 5.92 Å². The summed E-state index contributed by atoms with van der Waals surface area (Å²) in [6.07, 6.45) is 1.55. The molecule has 1 aromatic rings. The van der Waals surface area contributed by atoms with Gasteiger partial charge in [-0.25, -0.2) is 0 Å². The highest BCUT2D eigenvalue weighted by molar-refractivity contribution is 9.09. The number of H-pyrrole nitrogens is 1. The summed E-state index contributed by atoms with van der Waals surface area (Å²) >= 11 is 3.36. The lowest BCUT2D eigenvalue weighted by molar-refractivity contribution is 0.0949. The summed E-state index contributed by atoms with van der Waals surface area (Å²) in [5.74, 6) is 0.371. The number of aromatic nitrogens is 2. The first-order valence-electron chi connectivity index (χ1n) is 4.49. The maximum Gasteiger partial charge on any atom is 0.254 e. The number of aromatic amines is 1. The summed E-state index contributed by atoms with van der Waals surface area (Å²) in [4.78, 5) is 11.6. The topological polar surface area (TPSA) is 57.8 Å². The van der Waals surface area contributed by atoms with Gasteiger partial charge in [0.05, 0.1) is 11.8 Å². The van der Waals surface area contributed by atoms with Gasteiger partial charge < -0.3 is 5.32 Å². The highest BCUT2D eigenvalue weighted by Crippen LogP contribution is 2.03. The van der Waals surface area contributed by atoms with Gasteiger partial charge in [-0.15, -0.1) is 0 Å². The van der Waals surface area contributed by atoms with Gasteiger partial charge in [0.25, 0.3) is 5.91 Å². The van der Waals surface area contributed by atoms with Crippen molar-refractivity contribution in [3.63, 3.8) is 0 Å². The molecule has 5 heteroatoms. The predicted molar refractivity (Wildman–Crippen MR) is 58.6 cm³/mol. The average Bonchev–Trinajstić information content (AvgIpc) is 2.60. The Morgan fingerprint density at radius 3 is 3.00 bits per heavy atom. The van der Waals surface area contributed by atoms with Crippen LogP contribution in [0, 0.1) is 12.8 Å². The number of hydrogen-bond donors (Lipinski definition) is 2. The number of halogens is 1. The molecule has 0 aliphatic carbocycles. The zero-order valence-electron chi connectivity index (χ0n) is 8.30. The van der Waals surface area contributed by atoms with Crippen LogP contribution in [0.2, 0.25) is 0 Å². The molecule has 0 aliphatic rings. The zero-order valence-corrected chi connectivity index (χ0v) is 9.89. The fraction of sp³-hybridized carbons (Fsp3) is 0.556. The Balaban J connectivity index is 2.47. The van der Waals surface area contributed by atoms with E-state index in [1.165, 1.54) is 0 Å². The summed E-state index contributed by atoms with van der Waals surface area (Å²) in [5.41, 5.74) is 1.42. The van der Waals surface area contributed by atoms with Crippen LogP contribution in [-0.4, -0.2) is 28.0 Å². The Morgan fingerprint density at radius 1 is 1.79 bits per heavy atom. The number of amides is 1. The van der Waals surface area contributed by atoms with Crippen molar-refractivity contribution in [3.8, 4) is 0 Å². The molecule has 1 atom stereocenters. The van der Waals surface area contributed by atoms with E-state index in [9.17, 15) is 4.79 Å². The van der Waals surface area contributed by atoms with E-state index < -0.39 is 0 Å². The number of carbonyl (C=O) groups excluding carboxylic acids is 1. The van der Waals surface area contributed by atoms with Crippen molar-refractivity contribution in [2.75, 3.05) is 11.9 Å². The Kier molecular flexibility index (Phi) is 4.13. The summed E-state index contributed by atoms with van der Waals surface area (Å²) in [7, 11) is 0. The predicted octanol–water partition coefficient (Wildman–Crippen LogP) is 1.48. The Bertz CT molecular complexity index is 311. The molecule has 0 aliphatic heterocycles. The van der Waals surface area contributed by atoms with Crippen molar-refractivity contribution in [1.82, 2.24) is 15.5 Å². The van der Waals surface area contributed by atoms with Crippen LogP contribution >= 0.6 is 15.9 Å². The van der Waals surface area contributed by atoms with Crippen molar-refractivity contribution >= 4 is 21.8 Å². The lowest BCUT2D eigenvalue weighted by Gasteiger charge is -2.08. The quantitative estimate of drug-likeness (QED) is 0.805. The van der Waals surface area contributed by atoms with E-state index in [0.29, 0.717) is 18.0 Å². The number of alkyl halides is 1. The molecule has 1 heterocycles. The molecule has 1 unspecified atom stereocenters. The van der Waals surface area contributed by atoms with E-state index in [1.807, 2.05) is 6.92 Å². The number of carbonyl (C=O) groups is 1. The Hall–Kier alpha value is -0.840. The molecular formula is C9H14BrN3O. The monoisotopic (exact) mass is 259 g/mol. The maximum absolute atomic E-state index is 11.6. The molecule has 78 valence electrons. The van der Waals surface area contributed by atoms with Crippen molar-refractivity contribution < 1.29 is 4.79 Å². The Labute approximate surface area is 91.6 Å². The molecular weight excluding hydrogens is 246 g/mol. The van der Waals surface area contributed by atoms with Crippen LogP contribution in [0.5, 0.6) is 0 Å². The molecule has 0 bridgehead atoms. The average molecular weight is 260 g/mol. The molecule has 0 radical (unpaired) electrons. The van der Waals surface area contributed by atoms with Crippen LogP contribution in [0.15, 0.2) is 6.20 Å². The highest BCUT2D eigenvalue weighted by Gasteiger charge is 2.10. The highest BCUT2D eigenvalue weighted by atomic mass is 79.9. The zero-order chi connectivity index (χ0) is 10.6. The SMILES string of the molecule is Cc1[nH]ncc1C(=O)NCC(C)CBr. The van der Waals surface area contributed by atoms with Gasteiger partial charge in [-0.3, -0.25) is 9.89 Å². The van der Waals surface area contributed by atoms with Gasteiger partial charge in [-0.1, -0.05) is 22.9 Å². The summed E-state index contributed by atoms with van der Waals surface area (Å²) in [6, 6.07) is 0. The van der Waals surface area contributed by atoms with Crippen LogP contribution in [0.25, 0.3) is 0 Å². The molecule has 1 amide bonds. The number of nitrogens with zero attached hydrogens (tertiary/aromatic N) is 1. The largest absolute Gasteiger partial charge is 0.352 e. The molecule has 4 nitrogen and oxygen atoms in total. The van der Waals surface area contributed by atoms with Gasteiger partial charge in [0.1, 0.15) is 0 Å². The number of rotatable bonds is 4. The van der Waals surface area contributed by atoms with Gasteiger partial charge in [0, 0.05) is 17.6 Å². The number of aryl methyl sites for hydroxylation is 1. The molecule has 14 heavy (non-hydrogen) atoms. The minimum atomic E-state index is -0.0657. The van der Waals surface area contributed by atoms with E-state index >= 15 is 0 Å². The smallest absolute Gasteiger partial charge is 0.254 e. The molecule has 0 saturated carbocycles. The van der Waals surface area contributed by atoms with Crippen LogP contribution in [0.1, 0.15) is 23.0 Å². The van der Waals surface area contributed by atoms with E-state index in [4.69, 9.17) is 0 Å². The minimum absolute atomic E-state index is 0.0657. The standard InChI is InChI=1S/C9H14BrN3O/c1-6(3-10)4-11-9(14)8-5-12-13-7(8)2/h5-6H,3-4H2,1-2H3,(H,11,14)(H,12,13). The summed E-state index contributed by atoms with van der Waals surface area (Å²) in [6.45, 7) is 4.57. The van der Waals surface area contributed by atoms with Crippen LogP contribution < -0.4 is 5.32 Å². The fourth-order valence-electron chi connectivity index (χ4n) is 0.996. The molecule has 0 fully saturated rings. The van der Waals surface area contributed by atoms with Crippen LogP contribution in [-0.2, 0) is 0 Å². The lowest BCUT2D eigenvalue weighted by Crippen LogP contribution is -2.28. The summed E-state index contributed by atoms with van der Waals surface area (Å²) < 4.78 is 0. The van der Waals surface area contributed by atoms with Gasteiger partial charge >= 0.3 is 0 Å². The Morgan fingerprint density at radius 2 is 2.50 bits per heavy atom. The van der Waals surface area contributed by atoms with E-state index in [1.54, 1.807) is 6.20 Å².